The molecule has 0 saturated carbocycles. The van der Waals surface area contributed by atoms with Crippen molar-refractivity contribution < 1.29 is 22.7 Å². The fourth-order valence-electron chi connectivity index (χ4n) is 1.45. The monoisotopic (exact) mass is 350 g/mol. The second kappa shape index (κ2) is 5.58. The van der Waals surface area contributed by atoms with E-state index in [4.69, 9.17) is 16.7 Å². The van der Waals surface area contributed by atoms with Gasteiger partial charge in [-0.1, -0.05) is 11.6 Å². The average molecular weight is 351 g/mol. The van der Waals surface area contributed by atoms with Crippen LogP contribution in [0.4, 0.5) is 9.52 Å². The molecule has 21 heavy (non-hydrogen) atoms. The summed E-state index contributed by atoms with van der Waals surface area (Å²) < 4.78 is 39.9. The van der Waals surface area contributed by atoms with Gasteiger partial charge in [0.25, 0.3) is 10.0 Å². The standard InChI is InChI=1S/C11H8ClFN2O4S2/c1-5-4-14-11(20-5)15-21(18,19)6-2-7(10(16)17)9(12)8(13)3-6/h2-4H,1H3,(H,14,15)(H,16,17). The van der Waals surface area contributed by atoms with Crippen molar-refractivity contribution in [2.24, 2.45) is 0 Å². The lowest BCUT2D eigenvalue weighted by molar-refractivity contribution is 0.0696. The van der Waals surface area contributed by atoms with Crippen LogP contribution in [0.15, 0.2) is 23.2 Å². The molecule has 1 aromatic carbocycles. The lowest BCUT2D eigenvalue weighted by atomic mass is 10.2. The van der Waals surface area contributed by atoms with Gasteiger partial charge >= 0.3 is 5.97 Å². The molecule has 2 N–H and O–H groups in total. The largest absolute Gasteiger partial charge is 0.478 e. The first-order valence-corrected chi connectivity index (χ1v) is 8.06. The lowest BCUT2D eigenvalue weighted by Crippen LogP contribution is -2.14. The zero-order valence-electron chi connectivity index (χ0n) is 10.4. The molecule has 2 aromatic rings. The molecule has 0 atom stereocenters. The summed E-state index contributed by atoms with van der Waals surface area (Å²) in [4.78, 5) is 15.0. The molecule has 112 valence electrons. The summed E-state index contributed by atoms with van der Waals surface area (Å²) in [6, 6.07) is 1.44. The van der Waals surface area contributed by atoms with E-state index in [1.807, 2.05) is 0 Å². The van der Waals surface area contributed by atoms with Crippen molar-refractivity contribution in [2.75, 3.05) is 4.72 Å². The molecule has 0 amide bonds. The number of thiazole rings is 1. The number of carbonyl (C=O) groups is 1. The van der Waals surface area contributed by atoms with Crippen LogP contribution in [0.1, 0.15) is 15.2 Å². The SMILES string of the molecule is Cc1cnc(NS(=O)(=O)c2cc(F)c(Cl)c(C(=O)O)c2)s1. The Morgan fingerprint density at radius 2 is 2.14 bits per heavy atom. The van der Waals surface area contributed by atoms with E-state index >= 15 is 0 Å². The highest BCUT2D eigenvalue weighted by Crippen LogP contribution is 2.26. The highest BCUT2D eigenvalue weighted by molar-refractivity contribution is 7.93. The van der Waals surface area contributed by atoms with Gasteiger partial charge in [0.1, 0.15) is 5.82 Å². The molecule has 0 radical (unpaired) electrons. The number of halogens is 2. The van der Waals surface area contributed by atoms with Gasteiger partial charge in [-0.15, -0.1) is 11.3 Å². The Morgan fingerprint density at radius 1 is 1.48 bits per heavy atom. The Morgan fingerprint density at radius 3 is 2.67 bits per heavy atom. The molecule has 1 heterocycles. The van der Waals surface area contributed by atoms with Crippen molar-refractivity contribution in [3.8, 4) is 0 Å². The van der Waals surface area contributed by atoms with Gasteiger partial charge in [0.2, 0.25) is 0 Å². The zero-order chi connectivity index (χ0) is 15.8. The Hall–Kier alpha value is -1.71. The minimum absolute atomic E-state index is 0.0970. The number of hydrogen-bond donors (Lipinski definition) is 2. The maximum Gasteiger partial charge on any atom is 0.337 e. The van der Waals surface area contributed by atoms with Gasteiger partial charge < -0.3 is 5.11 Å². The minimum Gasteiger partial charge on any atom is -0.478 e. The van der Waals surface area contributed by atoms with Crippen LogP contribution in [0.3, 0.4) is 0 Å². The number of hydrogen-bond acceptors (Lipinski definition) is 5. The fourth-order valence-corrected chi connectivity index (χ4v) is 3.58. The number of aromatic nitrogens is 1. The van der Waals surface area contributed by atoms with Gasteiger partial charge in [-0.05, 0) is 19.1 Å². The van der Waals surface area contributed by atoms with Gasteiger partial charge in [-0.2, -0.15) is 0 Å². The number of anilines is 1. The number of aromatic carboxylic acids is 1. The predicted octanol–water partition coefficient (Wildman–Crippen LogP) is 2.74. The predicted molar refractivity (Wildman–Crippen MR) is 76.0 cm³/mol. The smallest absolute Gasteiger partial charge is 0.337 e. The van der Waals surface area contributed by atoms with Crippen molar-refractivity contribution in [3.63, 3.8) is 0 Å². The van der Waals surface area contributed by atoms with E-state index < -0.39 is 37.3 Å². The Balaban J connectivity index is 2.47. The first-order valence-electron chi connectivity index (χ1n) is 5.38. The molecular weight excluding hydrogens is 343 g/mol. The van der Waals surface area contributed by atoms with Crippen LogP contribution in [0.25, 0.3) is 0 Å². The van der Waals surface area contributed by atoms with Crippen LogP contribution in [-0.2, 0) is 10.0 Å². The van der Waals surface area contributed by atoms with E-state index in [0.29, 0.717) is 6.07 Å². The summed E-state index contributed by atoms with van der Waals surface area (Å²) >= 11 is 6.58. The summed E-state index contributed by atoms with van der Waals surface area (Å²) in [6.07, 6.45) is 1.47. The number of carboxylic acids is 1. The fraction of sp³-hybridized carbons (Fsp3) is 0.0909. The highest BCUT2D eigenvalue weighted by Gasteiger charge is 2.22. The van der Waals surface area contributed by atoms with Crippen LogP contribution in [0.2, 0.25) is 5.02 Å². The van der Waals surface area contributed by atoms with Crippen LogP contribution in [0.5, 0.6) is 0 Å². The van der Waals surface area contributed by atoms with Gasteiger partial charge in [-0.3, -0.25) is 4.72 Å². The van der Waals surface area contributed by atoms with E-state index in [2.05, 4.69) is 9.71 Å². The van der Waals surface area contributed by atoms with E-state index in [0.717, 1.165) is 22.3 Å². The molecule has 0 fully saturated rings. The minimum atomic E-state index is -4.16. The van der Waals surface area contributed by atoms with Gasteiger partial charge in [0.05, 0.1) is 15.5 Å². The Labute approximate surface area is 128 Å². The topological polar surface area (TPSA) is 96.4 Å². The number of benzene rings is 1. The normalized spacial score (nSPS) is 11.4. The summed E-state index contributed by atoms with van der Waals surface area (Å²) in [5.74, 6) is -2.66. The Bertz CT molecular complexity index is 820. The van der Waals surface area contributed by atoms with Crippen molar-refractivity contribution in [1.29, 1.82) is 0 Å². The number of nitrogens with one attached hydrogen (secondary N) is 1. The quantitative estimate of drug-likeness (QED) is 0.883. The number of aryl methyl sites for hydroxylation is 1. The highest BCUT2D eigenvalue weighted by atomic mass is 35.5. The van der Waals surface area contributed by atoms with Crippen molar-refractivity contribution in [1.82, 2.24) is 4.98 Å². The van der Waals surface area contributed by atoms with Gasteiger partial charge in [-0.25, -0.2) is 22.6 Å². The third-order valence-electron chi connectivity index (χ3n) is 2.39. The molecule has 0 bridgehead atoms. The molecule has 0 aliphatic heterocycles. The van der Waals surface area contributed by atoms with Crippen LogP contribution < -0.4 is 4.72 Å². The maximum absolute atomic E-state index is 13.6. The van der Waals surface area contributed by atoms with E-state index in [-0.39, 0.29) is 5.13 Å². The van der Waals surface area contributed by atoms with Crippen molar-refractivity contribution >= 4 is 44.1 Å². The van der Waals surface area contributed by atoms with Crippen molar-refractivity contribution in [2.45, 2.75) is 11.8 Å². The second-order valence-corrected chi connectivity index (χ2v) is 7.25. The van der Waals surface area contributed by atoms with E-state index in [9.17, 15) is 17.6 Å². The van der Waals surface area contributed by atoms with Crippen LogP contribution in [-0.4, -0.2) is 24.5 Å². The molecule has 0 spiro atoms. The van der Waals surface area contributed by atoms with E-state index in [1.54, 1.807) is 6.92 Å². The number of sulfonamides is 1. The molecule has 10 heteroatoms. The van der Waals surface area contributed by atoms with Crippen LogP contribution >= 0.6 is 22.9 Å². The summed E-state index contributed by atoms with van der Waals surface area (Å²) in [5.41, 5.74) is -0.632. The van der Waals surface area contributed by atoms with Gasteiger partial charge in [0, 0.05) is 11.1 Å². The first-order chi connectivity index (χ1) is 9.70. The average Bonchev–Trinajstić information content (AvgIpc) is 2.76. The first kappa shape index (κ1) is 15.7. The zero-order valence-corrected chi connectivity index (χ0v) is 12.8. The molecule has 2 rings (SSSR count). The summed E-state index contributed by atoms with van der Waals surface area (Å²) in [7, 11) is -4.16. The van der Waals surface area contributed by atoms with Crippen molar-refractivity contribution in [3.05, 3.63) is 39.6 Å². The van der Waals surface area contributed by atoms with Gasteiger partial charge in [0.15, 0.2) is 5.13 Å². The molecule has 1 aromatic heterocycles. The number of nitrogens with zero attached hydrogens (tertiary/aromatic N) is 1. The number of rotatable bonds is 4. The maximum atomic E-state index is 13.6. The second-order valence-electron chi connectivity index (χ2n) is 3.95. The molecular formula is C11H8ClFN2O4S2. The molecule has 0 unspecified atom stereocenters. The third-order valence-corrected chi connectivity index (χ3v) is 5.05. The lowest BCUT2D eigenvalue weighted by Gasteiger charge is -2.08. The summed E-state index contributed by atoms with van der Waals surface area (Å²) in [6.45, 7) is 1.74. The Kier molecular flexibility index (Phi) is 4.17. The molecule has 0 aliphatic rings. The summed E-state index contributed by atoms with van der Waals surface area (Å²) in [5, 5.41) is 8.35. The van der Waals surface area contributed by atoms with Crippen LogP contribution in [0, 0.1) is 12.7 Å². The third kappa shape index (κ3) is 3.31. The molecule has 0 aliphatic carbocycles. The van der Waals surface area contributed by atoms with E-state index in [1.165, 1.54) is 6.20 Å². The number of carboxylic acid groups (broad SMARTS) is 1. The molecule has 0 saturated heterocycles. The molecule has 6 nitrogen and oxygen atoms in total.